The van der Waals surface area contributed by atoms with Gasteiger partial charge in [-0.1, -0.05) is 31.4 Å². The third kappa shape index (κ3) is 6.26. The Morgan fingerprint density at radius 2 is 1.93 bits per heavy atom. The minimum Gasteiger partial charge on any atom is -0.353 e. The lowest BCUT2D eigenvalue weighted by Crippen LogP contribution is -2.42. The van der Waals surface area contributed by atoms with Crippen molar-refractivity contribution in [3.8, 4) is 0 Å². The van der Waals surface area contributed by atoms with Gasteiger partial charge in [-0.25, -0.2) is 4.79 Å². The number of anilines is 1. The van der Waals surface area contributed by atoms with Crippen LogP contribution >= 0.6 is 0 Å². The lowest BCUT2D eigenvalue weighted by atomic mass is 9.92. The van der Waals surface area contributed by atoms with Crippen LogP contribution in [0.2, 0.25) is 0 Å². The molecule has 1 heterocycles. The van der Waals surface area contributed by atoms with Crippen molar-refractivity contribution in [1.82, 2.24) is 10.2 Å². The number of hydrogen-bond donors (Lipinski definition) is 2. The molecule has 1 aromatic rings. The Kier molecular flexibility index (Phi) is 7.13. The fourth-order valence-electron chi connectivity index (χ4n) is 4.29. The number of nitrogens with zero attached hydrogens (tertiary/aromatic N) is 1. The SMILES string of the molecule is Cc1cccc(NC(=O)N2CCCC(CCC(=O)NC3CCCCC3)C2)c1. The first kappa shape index (κ1) is 19.7. The van der Waals surface area contributed by atoms with E-state index in [-0.39, 0.29) is 11.9 Å². The zero-order valence-corrected chi connectivity index (χ0v) is 16.5. The van der Waals surface area contributed by atoms with E-state index < -0.39 is 0 Å². The lowest BCUT2D eigenvalue weighted by Gasteiger charge is -2.33. The Morgan fingerprint density at radius 3 is 2.70 bits per heavy atom. The first-order valence-electron chi connectivity index (χ1n) is 10.5. The molecule has 2 aliphatic rings. The Bertz CT molecular complexity index is 640. The number of urea groups is 1. The summed E-state index contributed by atoms with van der Waals surface area (Å²) in [7, 11) is 0. The van der Waals surface area contributed by atoms with E-state index in [4.69, 9.17) is 0 Å². The van der Waals surface area contributed by atoms with Crippen molar-refractivity contribution >= 4 is 17.6 Å². The van der Waals surface area contributed by atoms with Gasteiger partial charge in [0, 0.05) is 31.2 Å². The molecule has 5 heteroatoms. The number of aryl methyl sites for hydroxylation is 1. The second-order valence-corrected chi connectivity index (χ2v) is 8.20. The number of nitrogens with one attached hydrogen (secondary N) is 2. The molecule has 3 amide bonds. The first-order valence-corrected chi connectivity index (χ1v) is 10.5. The third-order valence-corrected chi connectivity index (χ3v) is 5.83. The molecule has 0 radical (unpaired) electrons. The number of hydrogen-bond acceptors (Lipinski definition) is 2. The van der Waals surface area contributed by atoms with Gasteiger partial charge in [-0.15, -0.1) is 0 Å². The van der Waals surface area contributed by atoms with Crippen LogP contribution in [0.5, 0.6) is 0 Å². The Morgan fingerprint density at radius 1 is 1.11 bits per heavy atom. The molecule has 1 saturated carbocycles. The minimum absolute atomic E-state index is 0.0306. The molecule has 1 aliphatic carbocycles. The van der Waals surface area contributed by atoms with E-state index in [1.807, 2.05) is 36.1 Å². The Labute approximate surface area is 162 Å². The predicted molar refractivity (Wildman–Crippen MR) is 109 cm³/mol. The molecule has 1 saturated heterocycles. The molecule has 148 valence electrons. The summed E-state index contributed by atoms with van der Waals surface area (Å²) >= 11 is 0. The van der Waals surface area contributed by atoms with Gasteiger partial charge in [0.2, 0.25) is 5.91 Å². The van der Waals surface area contributed by atoms with E-state index in [9.17, 15) is 9.59 Å². The number of likely N-dealkylation sites (tertiary alicyclic amines) is 1. The van der Waals surface area contributed by atoms with Crippen LogP contribution in [-0.2, 0) is 4.79 Å². The number of benzene rings is 1. The number of carbonyl (C=O) groups is 2. The van der Waals surface area contributed by atoms with Gasteiger partial charge in [0.15, 0.2) is 0 Å². The molecule has 3 rings (SSSR count). The number of piperidine rings is 1. The molecule has 27 heavy (non-hydrogen) atoms. The molecular weight excluding hydrogens is 338 g/mol. The molecule has 0 bridgehead atoms. The molecule has 2 fully saturated rings. The minimum atomic E-state index is -0.0306. The topological polar surface area (TPSA) is 61.4 Å². The highest BCUT2D eigenvalue weighted by molar-refractivity contribution is 5.89. The summed E-state index contributed by atoms with van der Waals surface area (Å²) in [6.45, 7) is 3.56. The summed E-state index contributed by atoms with van der Waals surface area (Å²) in [5.41, 5.74) is 1.97. The fraction of sp³-hybridized carbons (Fsp3) is 0.636. The van der Waals surface area contributed by atoms with Gasteiger partial charge >= 0.3 is 6.03 Å². The third-order valence-electron chi connectivity index (χ3n) is 5.83. The van der Waals surface area contributed by atoms with E-state index in [1.165, 1.54) is 19.3 Å². The monoisotopic (exact) mass is 371 g/mol. The van der Waals surface area contributed by atoms with Crippen LogP contribution in [0, 0.1) is 12.8 Å². The van der Waals surface area contributed by atoms with Crippen LogP contribution in [0.25, 0.3) is 0 Å². The van der Waals surface area contributed by atoms with E-state index in [2.05, 4.69) is 10.6 Å². The van der Waals surface area contributed by atoms with Gasteiger partial charge < -0.3 is 15.5 Å². The van der Waals surface area contributed by atoms with E-state index in [1.54, 1.807) is 0 Å². The summed E-state index contributed by atoms with van der Waals surface area (Å²) < 4.78 is 0. The van der Waals surface area contributed by atoms with E-state index in [0.717, 1.165) is 56.4 Å². The van der Waals surface area contributed by atoms with Gasteiger partial charge in [0.25, 0.3) is 0 Å². The standard InChI is InChI=1S/C22H33N3O2/c1-17-7-5-11-20(15-17)24-22(27)25-14-6-8-18(16-25)12-13-21(26)23-19-9-3-2-4-10-19/h5,7,11,15,18-19H,2-4,6,8-10,12-14,16H2,1H3,(H,23,26)(H,24,27). The highest BCUT2D eigenvalue weighted by Gasteiger charge is 2.24. The maximum atomic E-state index is 12.6. The molecule has 0 spiro atoms. The molecule has 1 unspecified atom stereocenters. The second-order valence-electron chi connectivity index (χ2n) is 8.20. The van der Waals surface area contributed by atoms with Gasteiger partial charge in [-0.05, 0) is 62.6 Å². The highest BCUT2D eigenvalue weighted by Crippen LogP contribution is 2.23. The molecule has 1 atom stereocenters. The summed E-state index contributed by atoms with van der Waals surface area (Å²) in [6.07, 6.45) is 9.58. The van der Waals surface area contributed by atoms with Crippen molar-refractivity contribution in [2.45, 2.75) is 70.8 Å². The van der Waals surface area contributed by atoms with Crippen LogP contribution in [0.15, 0.2) is 24.3 Å². The summed E-state index contributed by atoms with van der Waals surface area (Å²) in [6, 6.07) is 8.22. The smallest absolute Gasteiger partial charge is 0.321 e. The maximum Gasteiger partial charge on any atom is 0.321 e. The van der Waals surface area contributed by atoms with Gasteiger partial charge in [-0.2, -0.15) is 0 Å². The highest BCUT2D eigenvalue weighted by atomic mass is 16.2. The van der Waals surface area contributed by atoms with Crippen LogP contribution < -0.4 is 10.6 Å². The van der Waals surface area contributed by atoms with E-state index in [0.29, 0.717) is 18.4 Å². The maximum absolute atomic E-state index is 12.6. The summed E-state index contributed by atoms with van der Waals surface area (Å²) in [5, 5.41) is 6.20. The molecule has 1 aromatic carbocycles. The van der Waals surface area contributed by atoms with Gasteiger partial charge in [0.1, 0.15) is 0 Å². The van der Waals surface area contributed by atoms with Crippen LogP contribution in [0.1, 0.15) is 63.4 Å². The number of rotatable bonds is 5. The zero-order valence-electron chi connectivity index (χ0n) is 16.5. The van der Waals surface area contributed by atoms with Crippen LogP contribution in [-0.4, -0.2) is 36.0 Å². The largest absolute Gasteiger partial charge is 0.353 e. The van der Waals surface area contributed by atoms with Gasteiger partial charge in [-0.3, -0.25) is 4.79 Å². The van der Waals surface area contributed by atoms with Crippen molar-refractivity contribution in [3.63, 3.8) is 0 Å². The van der Waals surface area contributed by atoms with Gasteiger partial charge in [0.05, 0.1) is 0 Å². The van der Waals surface area contributed by atoms with Crippen LogP contribution in [0.4, 0.5) is 10.5 Å². The number of amides is 3. The van der Waals surface area contributed by atoms with Crippen molar-refractivity contribution in [2.75, 3.05) is 18.4 Å². The van der Waals surface area contributed by atoms with Crippen molar-refractivity contribution in [2.24, 2.45) is 5.92 Å². The van der Waals surface area contributed by atoms with Crippen molar-refractivity contribution in [3.05, 3.63) is 29.8 Å². The zero-order chi connectivity index (χ0) is 19.1. The second kappa shape index (κ2) is 9.77. The van der Waals surface area contributed by atoms with Crippen molar-refractivity contribution in [1.29, 1.82) is 0 Å². The number of carbonyl (C=O) groups excluding carboxylic acids is 2. The Balaban J connectivity index is 1.41. The quantitative estimate of drug-likeness (QED) is 0.802. The molecule has 1 aliphatic heterocycles. The predicted octanol–water partition coefficient (Wildman–Crippen LogP) is 4.47. The average molecular weight is 372 g/mol. The molecule has 5 nitrogen and oxygen atoms in total. The lowest BCUT2D eigenvalue weighted by molar-refractivity contribution is -0.122. The van der Waals surface area contributed by atoms with Crippen LogP contribution in [0.3, 0.4) is 0 Å². The van der Waals surface area contributed by atoms with E-state index >= 15 is 0 Å². The normalized spacial score (nSPS) is 20.9. The molecule has 2 N–H and O–H groups in total. The summed E-state index contributed by atoms with van der Waals surface area (Å²) in [4.78, 5) is 26.7. The Hall–Kier alpha value is -2.04. The summed E-state index contributed by atoms with van der Waals surface area (Å²) in [5.74, 6) is 0.599. The molecule has 0 aromatic heterocycles. The average Bonchev–Trinajstić information content (AvgIpc) is 2.67. The first-order chi connectivity index (χ1) is 13.1. The van der Waals surface area contributed by atoms with Crippen molar-refractivity contribution < 1.29 is 9.59 Å². The molecular formula is C22H33N3O2. The fourth-order valence-corrected chi connectivity index (χ4v) is 4.29.